The van der Waals surface area contributed by atoms with Crippen molar-refractivity contribution in [1.82, 2.24) is 5.32 Å². The minimum atomic E-state index is -0.919. The Morgan fingerprint density at radius 1 is 1.33 bits per heavy atom. The van der Waals surface area contributed by atoms with Crippen molar-refractivity contribution in [3.8, 4) is 0 Å². The van der Waals surface area contributed by atoms with Crippen molar-refractivity contribution in [2.45, 2.75) is 32.2 Å². The molecule has 2 N–H and O–H groups in total. The molecule has 0 aliphatic heterocycles. The summed E-state index contributed by atoms with van der Waals surface area (Å²) in [6.45, 7) is 3.60. The van der Waals surface area contributed by atoms with Gasteiger partial charge in [-0.2, -0.15) is 0 Å². The molecule has 0 aromatic heterocycles. The van der Waals surface area contributed by atoms with Crippen LogP contribution in [0.5, 0.6) is 0 Å². The smallest absolute Gasteiger partial charge is 0.307 e. The fraction of sp³-hybridized carbons (Fsp3) is 0.500. The third-order valence-corrected chi connectivity index (χ3v) is 4.77. The third kappa shape index (κ3) is 2.41. The van der Waals surface area contributed by atoms with Gasteiger partial charge < -0.3 is 10.4 Å². The SMILES string of the molecule is CC1(C)[C@H](C(=O)O)[C@@H]1C(=O)NC1CC1c1cccc(F)c1. The molecule has 0 radical (unpaired) electrons. The summed E-state index contributed by atoms with van der Waals surface area (Å²) >= 11 is 0. The van der Waals surface area contributed by atoms with E-state index in [1.165, 1.54) is 12.1 Å². The van der Waals surface area contributed by atoms with Crippen molar-refractivity contribution in [3.05, 3.63) is 35.6 Å². The molecule has 1 aromatic carbocycles. The highest BCUT2D eigenvalue weighted by Crippen LogP contribution is 2.58. The van der Waals surface area contributed by atoms with Gasteiger partial charge in [-0.3, -0.25) is 9.59 Å². The molecule has 0 bridgehead atoms. The number of halogens is 1. The van der Waals surface area contributed by atoms with Crippen LogP contribution in [0.15, 0.2) is 24.3 Å². The van der Waals surface area contributed by atoms with Gasteiger partial charge in [-0.25, -0.2) is 4.39 Å². The van der Waals surface area contributed by atoms with E-state index < -0.39 is 23.2 Å². The molecule has 5 heteroatoms. The summed E-state index contributed by atoms with van der Waals surface area (Å²) in [4.78, 5) is 23.3. The molecular weight excluding hydrogens is 273 g/mol. The van der Waals surface area contributed by atoms with Crippen molar-refractivity contribution in [2.75, 3.05) is 0 Å². The van der Waals surface area contributed by atoms with E-state index in [1.54, 1.807) is 19.9 Å². The van der Waals surface area contributed by atoms with Gasteiger partial charge in [-0.1, -0.05) is 26.0 Å². The average molecular weight is 291 g/mol. The van der Waals surface area contributed by atoms with Crippen molar-refractivity contribution in [3.63, 3.8) is 0 Å². The topological polar surface area (TPSA) is 66.4 Å². The molecule has 1 aromatic rings. The molecule has 2 aliphatic rings. The van der Waals surface area contributed by atoms with E-state index >= 15 is 0 Å². The lowest BCUT2D eigenvalue weighted by molar-refractivity contribution is -0.140. The van der Waals surface area contributed by atoms with E-state index in [4.69, 9.17) is 5.11 Å². The zero-order valence-corrected chi connectivity index (χ0v) is 12.0. The Morgan fingerprint density at radius 3 is 2.62 bits per heavy atom. The predicted octanol–water partition coefficient (Wildman–Crippen LogP) is 2.15. The summed E-state index contributed by atoms with van der Waals surface area (Å²) in [5.74, 6) is -2.34. The van der Waals surface area contributed by atoms with Crippen LogP contribution in [0.1, 0.15) is 31.7 Å². The zero-order valence-electron chi connectivity index (χ0n) is 12.0. The van der Waals surface area contributed by atoms with Crippen LogP contribution in [0.2, 0.25) is 0 Å². The molecule has 0 heterocycles. The summed E-state index contributed by atoms with van der Waals surface area (Å²) in [6, 6.07) is 6.37. The minimum absolute atomic E-state index is 0.00913. The monoisotopic (exact) mass is 291 g/mol. The Balaban J connectivity index is 1.60. The largest absolute Gasteiger partial charge is 0.481 e. The lowest BCUT2D eigenvalue weighted by Crippen LogP contribution is -2.30. The van der Waals surface area contributed by atoms with Gasteiger partial charge in [0.25, 0.3) is 0 Å². The molecular formula is C16H18FNO3. The number of hydrogen-bond acceptors (Lipinski definition) is 2. The van der Waals surface area contributed by atoms with Crippen LogP contribution < -0.4 is 5.32 Å². The number of rotatable bonds is 4. The maximum Gasteiger partial charge on any atom is 0.307 e. The number of amides is 1. The number of benzene rings is 1. The van der Waals surface area contributed by atoms with Gasteiger partial charge in [-0.05, 0) is 29.5 Å². The Kier molecular flexibility index (Phi) is 3.04. The summed E-state index contributed by atoms with van der Waals surface area (Å²) in [6.07, 6.45) is 0.778. The van der Waals surface area contributed by atoms with Gasteiger partial charge in [0.15, 0.2) is 0 Å². The van der Waals surface area contributed by atoms with Crippen molar-refractivity contribution in [2.24, 2.45) is 17.3 Å². The van der Waals surface area contributed by atoms with Crippen molar-refractivity contribution >= 4 is 11.9 Å². The van der Waals surface area contributed by atoms with Gasteiger partial charge in [0.1, 0.15) is 5.82 Å². The molecule has 0 saturated heterocycles. The predicted molar refractivity (Wildman–Crippen MR) is 74.1 cm³/mol. The Labute approximate surface area is 122 Å². The highest BCUT2D eigenvalue weighted by atomic mass is 19.1. The molecule has 0 spiro atoms. The number of carbonyl (C=O) groups excluding carboxylic acids is 1. The van der Waals surface area contributed by atoms with Crippen LogP contribution in [-0.2, 0) is 9.59 Å². The van der Waals surface area contributed by atoms with Crippen LogP contribution in [0.4, 0.5) is 4.39 Å². The van der Waals surface area contributed by atoms with Gasteiger partial charge in [0.2, 0.25) is 5.91 Å². The van der Waals surface area contributed by atoms with Crippen molar-refractivity contribution < 1.29 is 19.1 Å². The number of carboxylic acids is 1. The Hall–Kier alpha value is -1.91. The quantitative estimate of drug-likeness (QED) is 0.893. The lowest BCUT2D eigenvalue weighted by atomic mass is 10.1. The van der Waals surface area contributed by atoms with Crippen LogP contribution in [0.3, 0.4) is 0 Å². The molecule has 2 aliphatic carbocycles. The number of hydrogen-bond donors (Lipinski definition) is 2. The zero-order chi connectivity index (χ0) is 15.4. The number of nitrogens with one attached hydrogen (secondary N) is 1. The van der Waals surface area contributed by atoms with E-state index in [-0.39, 0.29) is 23.7 Å². The molecule has 112 valence electrons. The third-order valence-electron chi connectivity index (χ3n) is 4.77. The van der Waals surface area contributed by atoms with Gasteiger partial charge >= 0.3 is 5.97 Å². The van der Waals surface area contributed by atoms with Crippen LogP contribution in [0.25, 0.3) is 0 Å². The molecule has 2 fully saturated rings. The van der Waals surface area contributed by atoms with E-state index in [9.17, 15) is 14.0 Å². The normalized spacial score (nSPS) is 32.3. The first-order valence-electron chi connectivity index (χ1n) is 7.11. The molecule has 2 saturated carbocycles. The number of carboxylic acid groups (broad SMARTS) is 1. The average Bonchev–Trinajstić information content (AvgIpc) is 3.24. The molecule has 3 rings (SSSR count). The summed E-state index contributed by atoms with van der Waals surface area (Å²) in [5.41, 5.74) is 0.393. The molecule has 4 nitrogen and oxygen atoms in total. The maximum atomic E-state index is 13.2. The number of carbonyl (C=O) groups is 2. The second-order valence-electron chi connectivity index (χ2n) is 6.63. The first-order valence-corrected chi connectivity index (χ1v) is 7.11. The van der Waals surface area contributed by atoms with Crippen LogP contribution >= 0.6 is 0 Å². The highest BCUT2D eigenvalue weighted by Gasteiger charge is 2.66. The first kappa shape index (κ1) is 14.0. The molecule has 2 unspecified atom stereocenters. The first-order chi connectivity index (χ1) is 9.82. The lowest BCUT2D eigenvalue weighted by Gasteiger charge is -2.06. The second-order valence-corrected chi connectivity index (χ2v) is 6.63. The molecule has 4 atom stereocenters. The second kappa shape index (κ2) is 4.55. The molecule has 21 heavy (non-hydrogen) atoms. The summed E-state index contributed by atoms with van der Waals surface area (Å²) in [7, 11) is 0. The standard InChI is InChI=1S/C16H18FNO3/c1-16(2)12(13(16)15(20)21)14(19)18-11-7-10(11)8-4-3-5-9(17)6-8/h3-6,10-13H,7H2,1-2H3,(H,18,19)(H,20,21)/t10?,11?,12-,13+/m1/s1. The van der Waals surface area contributed by atoms with Crippen LogP contribution in [0, 0.1) is 23.1 Å². The maximum absolute atomic E-state index is 13.2. The number of aliphatic carboxylic acids is 1. The van der Waals surface area contributed by atoms with E-state index in [1.807, 2.05) is 6.07 Å². The fourth-order valence-electron chi connectivity index (χ4n) is 3.32. The molecule has 1 amide bonds. The Morgan fingerprint density at radius 2 is 2.05 bits per heavy atom. The van der Waals surface area contributed by atoms with Crippen LogP contribution in [-0.4, -0.2) is 23.0 Å². The van der Waals surface area contributed by atoms with Crippen molar-refractivity contribution in [1.29, 1.82) is 0 Å². The summed E-state index contributed by atoms with van der Waals surface area (Å²) in [5, 5.41) is 12.0. The van der Waals surface area contributed by atoms with Gasteiger partial charge in [0.05, 0.1) is 11.8 Å². The van der Waals surface area contributed by atoms with E-state index in [0.29, 0.717) is 0 Å². The minimum Gasteiger partial charge on any atom is -0.481 e. The van der Waals surface area contributed by atoms with Gasteiger partial charge in [0, 0.05) is 12.0 Å². The van der Waals surface area contributed by atoms with Gasteiger partial charge in [-0.15, -0.1) is 0 Å². The summed E-state index contributed by atoms with van der Waals surface area (Å²) < 4.78 is 13.2. The fourth-order valence-corrected chi connectivity index (χ4v) is 3.32. The highest BCUT2D eigenvalue weighted by molar-refractivity contribution is 5.92. The Bertz CT molecular complexity index is 613. The van der Waals surface area contributed by atoms with E-state index in [2.05, 4.69) is 5.32 Å². The van der Waals surface area contributed by atoms with E-state index in [0.717, 1.165) is 12.0 Å².